The van der Waals surface area contributed by atoms with Gasteiger partial charge in [0.25, 0.3) is 0 Å². The minimum absolute atomic E-state index is 1.00. The average Bonchev–Trinajstić information content (AvgIpc) is 2.28. The zero-order chi connectivity index (χ0) is 10.9. The predicted molar refractivity (Wildman–Crippen MR) is 66.2 cm³/mol. The number of aromatic nitrogens is 1. The molecular weight excluding hydrogens is 184 g/mol. The van der Waals surface area contributed by atoms with Gasteiger partial charge in [0.1, 0.15) is 5.82 Å². The van der Waals surface area contributed by atoms with Crippen LogP contribution in [0.25, 0.3) is 0 Å². The van der Waals surface area contributed by atoms with Crippen molar-refractivity contribution in [1.82, 2.24) is 4.98 Å². The normalized spacial score (nSPS) is 10.3. The molecule has 0 atom stereocenters. The summed E-state index contributed by atoms with van der Waals surface area (Å²) in [7, 11) is 0. The highest BCUT2D eigenvalue weighted by Crippen LogP contribution is 2.08. The van der Waals surface area contributed by atoms with Crippen LogP contribution in [0.4, 0.5) is 5.82 Å². The molecule has 0 spiro atoms. The van der Waals surface area contributed by atoms with Gasteiger partial charge in [0, 0.05) is 12.7 Å². The highest BCUT2D eigenvalue weighted by Gasteiger charge is 1.95. The molecule has 0 amide bonds. The van der Waals surface area contributed by atoms with Crippen LogP contribution in [0.1, 0.15) is 45.1 Å². The third kappa shape index (κ3) is 4.82. The second-order valence-corrected chi connectivity index (χ2v) is 3.94. The molecule has 2 heteroatoms. The Morgan fingerprint density at radius 3 is 2.53 bits per heavy atom. The van der Waals surface area contributed by atoms with Crippen molar-refractivity contribution in [3.8, 4) is 0 Å². The molecule has 0 aliphatic rings. The second kappa shape index (κ2) is 7.27. The van der Waals surface area contributed by atoms with E-state index in [-0.39, 0.29) is 0 Å². The lowest BCUT2D eigenvalue weighted by Gasteiger charge is -2.05. The lowest BCUT2D eigenvalue weighted by molar-refractivity contribution is 0.791. The van der Waals surface area contributed by atoms with Gasteiger partial charge in [-0.15, -0.1) is 0 Å². The maximum atomic E-state index is 4.39. The van der Waals surface area contributed by atoms with Crippen molar-refractivity contribution in [1.29, 1.82) is 0 Å². The van der Waals surface area contributed by atoms with Crippen molar-refractivity contribution in [3.05, 3.63) is 23.9 Å². The third-order valence-corrected chi connectivity index (χ3v) is 2.48. The number of nitrogens with one attached hydrogen (secondary N) is 1. The molecule has 1 rings (SSSR count). The SMILES string of the molecule is CCCCNc1ccc(CCCC)cn1. The number of nitrogens with zero attached hydrogens (tertiary/aromatic N) is 1. The molecule has 2 nitrogen and oxygen atoms in total. The number of hydrogen-bond donors (Lipinski definition) is 1. The van der Waals surface area contributed by atoms with Gasteiger partial charge in [-0.3, -0.25) is 0 Å². The van der Waals surface area contributed by atoms with Crippen LogP contribution in [0.2, 0.25) is 0 Å². The summed E-state index contributed by atoms with van der Waals surface area (Å²) < 4.78 is 0. The van der Waals surface area contributed by atoms with Crippen molar-refractivity contribution in [2.45, 2.75) is 46.0 Å². The summed E-state index contributed by atoms with van der Waals surface area (Å²) >= 11 is 0. The fourth-order valence-corrected chi connectivity index (χ4v) is 1.45. The van der Waals surface area contributed by atoms with E-state index in [0.717, 1.165) is 18.8 Å². The number of unbranched alkanes of at least 4 members (excludes halogenated alkanes) is 2. The van der Waals surface area contributed by atoms with Crippen LogP contribution in [-0.4, -0.2) is 11.5 Å². The van der Waals surface area contributed by atoms with Gasteiger partial charge in [-0.05, 0) is 30.9 Å². The summed E-state index contributed by atoms with van der Waals surface area (Å²) in [5.41, 5.74) is 1.35. The van der Waals surface area contributed by atoms with E-state index in [2.05, 4.69) is 36.3 Å². The van der Waals surface area contributed by atoms with E-state index < -0.39 is 0 Å². The summed E-state index contributed by atoms with van der Waals surface area (Å²) in [6.45, 7) is 5.44. The average molecular weight is 206 g/mol. The van der Waals surface area contributed by atoms with E-state index in [9.17, 15) is 0 Å². The van der Waals surface area contributed by atoms with E-state index in [0.29, 0.717) is 0 Å². The fourth-order valence-electron chi connectivity index (χ4n) is 1.45. The molecule has 0 aliphatic carbocycles. The van der Waals surface area contributed by atoms with Gasteiger partial charge in [0.15, 0.2) is 0 Å². The largest absolute Gasteiger partial charge is 0.370 e. The van der Waals surface area contributed by atoms with E-state index in [1.165, 1.54) is 31.2 Å². The van der Waals surface area contributed by atoms with Crippen molar-refractivity contribution in [2.24, 2.45) is 0 Å². The molecule has 0 unspecified atom stereocenters. The molecule has 1 aromatic rings. The first-order chi connectivity index (χ1) is 7.36. The van der Waals surface area contributed by atoms with Gasteiger partial charge >= 0.3 is 0 Å². The topological polar surface area (TPSA) is 24.9 Å². The molecule has 1 aromatic heterocycles. The minimum atomic E-state index is 1.00. The lowest BCUT2D eigenvalue weighted by Crippen LogP contribution is -2.02. The quantitative estimate of drug-likeness (QED) is 0.689. The molecular formula is C13H22N2. The highest BCUT2D eigenvalue weighted by molar-refractivity contribution is 5.35. The van der Waals surface area contributed by atoms with Crippen LogP contribution in [0, 0.1) is 0 Å². The first-order valence-electron chi connectivity index (χ1n) is 6.05. The predicted octanol–water partition coefficient (Wildman–Crippen LogP) is 3.64. The minimum Gasteiger partial charge on any atom is -0.370 e. The molecule has 0 aliphatic heterocycles. The third-order valence-electron chi connectivity index (χ3n) is 2.48. The smallest absolute Gasteiger partial charge is 0.125 e. The van der Waals surface area contributed by atoms with Gasteiger partial charge in [-0.2, -0.15) is 0 Å². The van der Waals surface area contributed by atoms with Crippen LogP contribution in [0.15, 0.2) is 18.3 Å². The summed E-state index contributed by atoms with van der Waals surface area (Å²) in [6.07, 6.45) is 8.07. The number of anilines is 1. The maximum Gasteiger partial charge on any atom is 0.125 e. The zero-order valence-electron chi connectivity index (χ0n) is 9.92. The van der Waals surface area contributed by atoms with E-state index in [4.69, 9.17) is 0 Å². The molecule has 0 fully saturated rings. The zero-order valence-corrected chi connectivity index (χ0v) is 9.92. The first-order valence-corrected chi connectivity index (χ1v) is 6.05. The van der Waals surface area contributed by atoms with Crippen molar-refractivity contribution in [3.63, 3.8) is 0 Å². The lowest BCUT2D eigenvalue weighted by atomic mass is 10.1. The Kier molecular flexibility index (Phi) is 5.83. The van der Waals surface area contributed by atoms with Crippen LogP contribution in [0.3, 0.4) is 0 Å². The Morgan fingerprint density at radius 2 is 1.93 bits per heavy atom. The van der Waals surface area contributed by atoms with Crippen molar-refractivity contribution < 1.29 is 0 Å². The highest BCUT2D eigenvalue weighted by atomic mass is 15.0. The number of aryl methyl sites for hydroxylation is 1. The Labute approximate surface area is 93.1 Å². The van der Waals surface area contributed by atoms with E-state index in [1.54, 1.807) is 0 Å². The number of rotatable bonds is 7. The summed E-state index contributed by atoms with van der Waals surface area (Å²) in [6, 6.07) is 4.26. The molecule has 0 saturated heterocycles. The monoisotopic (exact) mass is 206 g/mol. The van der Waals surface area contributed by atoms with Crippen LogP contribution in [-0.2, 0) is 6.42 Å². The van der Waals surface area contributed by atoms with E-state index in [1.807, 2.05) is 6.20 Å². The molecule has 0 aromatic carbocycles. The van der Waals surface area contributed by atoms with Crippen molar-refractivity contribution >= 4 is 5.82 Å². The first kappa shape index (κ1) is 12.0. The Morgan fingerprint density at radius 1 is 1.13 bits per heavy atom. The Bertz CT molecular complexity index is 254. The van der Waals surface area contributed by atoms with Crippen LogP contribution < -0.4 is 5.32 Å². The molecule has 84 valence electrons. The van der Waals surface area contributed by atoms with Gasteiger partial charge in [0.2, 0.25) is 0 Å². The molecule has 15 heavy (non-hydrogen) atoms. The Hall–Kier alpha value is -1.05. The van der Waals surface area contributed by atoms with Crippen molar-refractivity contribution in [2.75, 3.05) is 11.9 Å². The van der Waals surface area contributed by atoms with Gasteiger partial charge < -0.3 is 5.32 Å². The summed E-state index contributed by atoms with van der Waals surface area (Å²) in [4.78, 5) is 4.39. The van der Waals surface area contributed by atoms with Crippen LogP contribution in [0.5, 0.6) is 0 Å². The van der Waals surface area contributed by atoms with Gasteiger partial charge in [-0.1, -0.05) is 32.8 Å². The van der Waals surface area contributed by atoms with Gasteiger partial charge in [0.05, 0.1) is 0 Å². The summed E-state index contributed by atoms with van der Waals surface area (Å²) in [5.74, 6) is 1.00. The number of hydrogen-bond acceptors (Lipinski definition) is 2. The van der Waals surface area contributed by atoms with Crippen LogP contribution >= 0.6 is 0 Å². The van der Waals surface area contributed by atoms with Gasteiger partial charge in [-0.25, -0.2) is 4.98 Å². The molecule has 1 N–H and O–H groups in total. The molecule has 0 bridgehead atoms. The van der Waals surface area contributed by atoms with E-state index >= 15 is 0 Å². The fraction of sp³-hybridized carbons (Fsp3) is 0.615. The molecule has 1 heterocycles. The maximum absolute atomic E-state index is 4.39. The number of pyridine rings is 1. The second-order valence-electron chi connectivity index (χ2n) is 3.94. The standard InChI is InChI=1S/C13H22N2/c1-3-5-7-12-8-9-13(15-11-12)14-10-6-4-2/h8-9,11H,3-7,10H2,1-2H3,(H,14,15). The molecule has 0 radical (unpaired) electrons. The Balaban J connectivity index is 2.35. The molecule has 0 saturated carbocycles. The summed E-state index contributed by atoms with van der Waals surface area (Å²) in [5, 5.41) is 3.32.